The molecule has 5 rings (SSSR count). The molecule has 2 aromatic carbocycles. The molecule has 1 aromatic heterocycles. The van der Waals surface area contributed by atoms with Crippen molar-refractivity contribution >= 4 is 26.7 Å². The Morgan fingerprint density at radius 2 is 2.00 bits per heavy atom. The highest BCUT2D eigenvalue weighted by atomic mass is 32.1. The molecule has 0 amide bonds. The van der Waals surface area contributed by atoms with Gasteiger partial charge in [0.05, 0.1) is 17.3 Å². The van der Waals surface area contributed by atoms with Crippen LogP contribution in [0.25, 0.3) is 10.2 Å². The van der Waals surface area contributed by atoms with E-state index in [9.17, 15) is 0 Å². The molecule has 0 saturated carbocycles. The summed E-state index contributed by atoms with van der Waals surface area (Å²) in [4.78, 5) is 7.24. The van der Waals surface area contributed by atoms with Crippen LogP contribution >= 0.6 is 11.3 Å². The summed E-state index contributed by atoms with van der Waals surface area (Å²) in [6.45, 7) is 4.52. The lowest BCUT2D eigenvalue weighted by Gasteiger charge is -2.32. The highest BCUT2D eigenvalue weighted by Crippen LogP contribution is 2.35. The lowest BCUT2D eigenvalue weighted by molar-refractivity contribution is 0.0890. The molecule has 3 aromatic rings. The zero-order valence-electron chi connectivity index (χ0n) is 17.2. The average Bonchev–Trinajstić information content (AvgIpc) is 3.23. The molecule has 0 radical (unpaired) electrons. The van der Waals surface area contributed by atoms with E-state index in [-0.39, 0.29) is 6.10 Å². The van der Waals surface area contributed by atoms with Crippen molar-refractivity contribution in [2.24, 2.45) is 5.92 Å². The molecule has 0 bridgehead atoms. The number of nitrogens with zero attached hydrogens (tertiary/aromatic N) is 2. The van der Waals surface area contributed by atoms with Crippen LogP contribution in [0.2, 0.25) is 0 Å². The molecule has 158 valence electrons. The number of hydrogen-bond donors (Lipinski definition) is 1. The van der Waals surface area contributed by atoms with Crippen molar-refractivity contribution in [2.75, 3.05) is 44.8 Å². The van der Waals surface area contributed by atoms with Gasteiger partial charge < -0.3 is 24.4 Å². The van der Waals surface area contributed by atoms with Gasteiger partial charge in [0, 0.05) is 25.7 Å². The molecular formula is C23H27N3O3S. The van der Waals surface area contributed by atoms with Crippen LogP contribution in [-0.2, 0) is 0 Å². The fourth-order valence-corrected chi connectivity index (χ4v) is 5.11. The number of ether oxygens (including phenoxy) is 3. The normalized spacial score (nSPS) is 19.2. The number of benzene rings is 2. The number of hydrogen-bond acceptors (Lipinski definition) is 7. The molecule has 1 saturated heterocycles. The zero-order chi connectivity index (χ0) is 20.3. The summed E-state index contributed by atoms with van der Waals surface area (Å²) >= 11 is 1.80. The van der Waals surface area contributed by atoms with Crippen molar-refractivity contribution in [3.05, 3.63) is 42.5 Å². The molecule has 0 spiro atoms. The smallest absolute Gasteiger partial charge is 0.186 e. The average molecular weight is 426 g/mol. The minimum Gasteiger partial charge on any atom is -0.497 e. The van der Waals surface area contributed by atoms with Crippen molar-refractivity contribution in [1.82, 2.24) is 10.3 Å². The molecule has 0 aliphatic carbocycles. The van der Waals surface area contributed by atoms with Gasteiger partial charge in [-0.3, -0.25) is 0 Å². The SMILES string of the molecule is COc1ccc2c(c1)OCC(CNCC1CCN(c3nc4ccccc4s3)CC1)O2. The minimum absolute atomic E-state index is 0.0359. The fourth-order valence-electron chi connectivity index (χ4n) is 4.09. The molecule has 1 fully saturated rings. The van der Waals surface area contributed by atoms with Crippen molar-refractivity contribution in [3.63, 3.8) is 0 Å². The van der Waals surface area contributed by atoms with E-state index in [0.29, 0.717) is 12.5 Å². The van der Waals surface area contributed by atoms with Crippen LogP contribution in [-0.4, -0.2) is 51.0 Å². The predicted molar refractivity (Wildman–Crippen MR) is 120 cm³/mol. The maximum absolute atomic E-state index is 6.07. The second-order valence-corrected chi connectivity index (χ2v) is 8.93. The summed E-state index contributed by atoms with van der Waals surface area (Å²) < 4.78 is 18.4. The summed E-state index contributed by atoms with van der Waals surface area (Å²) in [5.74, 6) is 3.02. The van der Waals surface area contributed by atoms with Crippen molar-refractivity contribution in [3.8, 4) is 17.2 Å². The Labute approximate surface area is 180 Å². The summed E-state index contributed by atoms with van der Waals surface area (Å²) in [7, 11) is 1.65. The number of aromatic nitrogens is 1. The number of thiazole rings is 1. The van der Waals surface area contributed by atoms with Gasteiger partial charge >= 0.3 is 0 Å². The van der Waals surface area contributed by atoms with Crippen LogP contribution in [0.4, 0.5) is 5.13 Å². The molecule has 1 atom stereocenters. The van der Waals surface area contributed by atoms with E-state index in [0.717, 1.165) is 54.1 Å². The van der Waals surface area contributed by atoms with Crippen LogP contribution in [0.15, 0.2) is 42.5 Å². The van der Waals surface area contributed by atoms with Gasteiger partial charge in [0.25, 0.3) is 0 Å². The van der Waals surface area contributed by atoms with Gasteiger partial charge in [0.15, 0.2) is 16.6 Å². The second kappa shape index (κ2) is 8.70. The van der Waals surface area contributed by atoms with Crippen LogP contribution in [0, 0.1) is 5.92 Å². The fraction of sp³-hybridized carbons (Fsp3) is 0.435. The Balaban J connectivity index is 1.07. The number of piperidine rings is 1. The largest absolute Gasteiger partial charge is 0.497 e. The second-order valence-electron chi connectivity index (χ2n) is 7.92. The first-order valence-electron chi connectivity index (χ1n) is 10.6. The van der Waals surface area contributed by atoms with Crippen molar-refractivity contribution in [2.45, 2.75) is 18.9 Å². The van der Waals surface area contributed by atoms with E-state index in [4.69, 9.17) is 19.2 Å². The van der Waals surface area contributed by atoms with Gasteiger partial charge in [-0.15, -0.1) is 0 Å². The lowest BCUT2D eigenvalue weighted by atomic mass is 9.97. The van der Waals surface area contributed by atoms with Gasteiger partial charge in [0.1, 0.15) is 18.5 Å². The number of nitrogens with one attached hydrogen (secondary N) is 1. The van der Waals surface area contributed by atoms with Gasteiger partial charge in [-0.25, -0.2) is 4.98 Å². The number of para-hydroxylation sites is 1. The summed E-state index contributed by atoms with van der Waals surface area (Å²) in [6, 6.07) is 14.1. The van der Waals surface area contributed by atoms with E-state index in [1.807, 2.05) is 18.2 Å². The number of anilines is 1. The third-order valence-corrected chi connectivity index (χ3v) is 6.94. The van der Waals surface area contributed by atoms with Crippen molar-refractivity contribution in [1.29, 1.82) is 0 Å². The number of fused-ring (bicyclic) bond motifs is 2. The van der Waals surface area contributed by atoms with Crippen LogP contribution in [0.5, 0.6) is 17.2 Å². The third-order valence-electron chi connectivity index (χ3n) is 5.84. The van der Waals surface area contributed by atoms with Gasteiger partial charge in [-0.05, 0) is 49.6 Å². The molecule has 3 heterocycles. The van der Waals surface area contributed by atoms with Crippen LogP contribution < -0.4 is 24.4 Å². The van der Waals surface area contributed by atoms with Gasteiger partial charge in [0.2, 0.25) is 0 Å². The van der Waals surface area contributed by atoms with Gasteiger partial charge in [-0.2, -0.15) is 0 Å². The minimum atomic E-state index is 0.0359. The molecule has 2 aliphatic heterocycles. The summed E-state index contributed by atoms with van der Waals surface area (Å²) in [5, 5.41) is 4.75. The first-order chi connectivity index (χ1) is 14.8. The van der Waals surface area contributed by atoms with E-state index in [1.54, 1.807) is 18.4 Å². The maximum atomic E-state index is 6.07. The van der Waals surface area contributed by atoms with E-state index in [1.165, 1.54) is 17.5 Å². The number of rotatable bonds is 6. The molecule has 2 aliphatic rings. The third kappa shape index (κ3) is 4.18. The summed E-state index contributed by atoms with van der Waals surface area (Å²) in [5.41, 5.74) is 1.11. The Hall–Kier alpha value is -2.51. The highest BCUT2D eigenvalue weighted by Gasteiger charge is 2.24. The molecule has 1 N–H and O–H groups in total. The lowest BCUT2D eigenvalue weighted by Crippen LogP contribution is -2.42. The molecule has 30 heavy (non-hydrogen) atoms. The molecule has 1 unspecified atom stereocenters. The Kier molecular flexibility index (Phi) is 5.64. The monoisotopic (exact) mass is 425 g/mol. The zero-order valence-corrected chi connectivity index (χ0v) is 18.0. The molecule has 7 heteroatoms. The Morgan fingerprint density at radius 1 is 1.13 bits per heavy atom. The maximum Gasteiger partial charge on any atom is 0.186 e. The van der Waals surface area contributed by atoms with E-state index < -0.39 is 0 Å². The van der Waals surface area contributed by atoms with E-state index >= 15 is 0 Å². The Bertz CT molecular complexity index is 967. The predicted octanol–water partition coefficient (Wildman–Crippen LogP) is 3.95. The van der Waals surface area contributed by atoms with Gasteiger partial charge in [-0.1, -0.05) is 23.5 Å². The number of methoxy groups -OCH3 is 1. The molecule has 6 nitrogen and oxygen atoms in total. The van der Waals surface area contributed by atoms with Crippen LogP contribution in [0.1, 0.15) is 12.8 Å². The quantitative estimate of drug-likeness (QED) is 0.645. The van der Waals surface area contributed by atoms with E-state index in [2.05, 4.69) is 34.5 Å². The first-order valence-corrected chi connectivity index (χ1v) is 11.4. The standard InChI is InChI=1S/C23H27N3O3S/c1-27-17-6-7-20-21(12-17)28-15-18(29-20)14-24-13-16-8-10-26(11-9-16)23-25-19-4-2-3-5-22(19)30-23/h2-7,12,16,18,24H,8-11,13-15H2,1H3. The Morgan fingerprint density at radius 3 is 2.83 bits per heavy atom. The topological polar surface area (TPSA) is 55.9 Å². The van der Waals surface area contributed by atoms with Crippen LogP contribution in [0.3, 0.4) is 0 Å². The first kappa shape index (κ1) is 19.5. The molecular weight excluding hydrogens is 398 g/mol. The highest BCUT2D eigenvalue weighted by molar-refractivity contribution is 7.22. The summed E-state index contributed by atoms with van der Waals surface area (Å²) in [6.07, 6.45) is 2.41. The van der Waals surface area contributed by atoms with Crippen molar-refractivity contribution < 1.29 is 14.2 Å².